The number of hydrogen-bond acceptors (Lipinski definition) is 1. The molecule has 1 rings (SSSR count). The summed E-state index contributed by atoms with van der Waals surface area (Å²) in [6, 6.07) is 7.49. The van der Waals surface area contributed by atoms with Crippen LogP contribution in [0.2, 0.25) is 0 Å². The number of hydrogen-bond donors (Lipinski definition) is 3. The normalized spacial score (nSPS) is 10.8. The van der Waals surface area contributed by atoms with Gasteiger partial charge in [-0.15, -0.1) is 0 Å². The second-order valence-corrected chi connectivity index (χ2v) is 2.67. The molecule has 3 nitrogen and oxygen atoms in total. The van der Waals surface area contributed by atoms with Crippen molar-refractivity contribution in [2.45, 2.75) is 13.5 Å². The topological polar surface area (TPSA) is 60.2 Å². The molecule has 1 aromatic carbocycles. The Morgan fingerprint density at radius 2 is 2.23 bits per heavy atom. The molecule has 0 radical (unpaired) electrons. The van der Waals surface area contributed by atoms with E-state index in [-0.39, 0.29) is 19.0 Å². The molecule has 0 unspecified atom stereocenters. The molecule has 0 heterocycles. The van der Waals surface area contributed by atoms with Crippen molar-refractivity contribution in [2.24, 2.45) is 5.73 Å². The number of amidine groups is 1. The molecule has 0 fully saturated rings. The van der Waals surface area contributed by atoms with Gasteiger partial charge in [0.15, 0.2) is 0 Å². The van der Waals surface area contributed by atoms with E-state index in [0.717, 1.165) is 11.3 Å². The molecule has 0 atom stereocenters. The van der Waals surface area contributed by atoms with Gasteiger partial charge in [-0.05, 0) is 17.7 Å². The van der Waals surface area contributed by atoms with Crippen molar-refractivity contribution >= 4 is 11.5 Å². The lowest BCUT2D eigenvalue weighted by molar-refractivity contribution is -0.355. The van der Waals surface area contributed by atoms with Gasteiger partial charge in [0, 0.05) is 6.92 Å². The number of nitrogens with two attached hydrogens (primary N) is 1. The summed E-state index contributed by atoms with van der Waals surface area (Å²) in [5, 5.41) is 8.83. The molecule has 4 heteroatoms. The third-order valence-corrected chi connectivity index (χ3v) is 1.45. The Hall–Kier alpha value is -1.06. The summed E-state index contributed by atoms with van der Waals surface area (Å²) in [6.45, 7) is 1.84. The van der Waals surface area contributed by atoms with Crippen LogP contribution >= 0.6 is 0 Å². The second-order valence-electron chi connectivity index (χ2n) is 2.67. The first-order chi connectivity index (χ1) is 5.72. The van der Waals surface area contributed by atoms with Gasteiger partial charge in [0.25, 0.3) is 0 Å². The van der Waals surface area contributed by atoms with Gasteiger partial charge < -0.3 is 17.5 Å². The van der Waals surface area contributed by atoms with E-state index < -0.39 is 0 Å². The maximum absolute atomic E-state index is 8.83. The number of nitrogens with one attached hydrogen (secondary N) is 1. The highest BCUT2D eigenvalue weighted by Gasteiger charge is 1.94. The SMILES string of the molecule is CC(N)=[NH+]c1cccc(CO)c1.[Cl-]. The average Bonchev–Trinajstić information content (AvgIpc) is 2.03. The summed E-state index contributed by atoms with van der Waals surface area (Å²) in [7, 11) is 0. The van der Waals surface area contributed by atoms with E-state index in [0.29, 0.717) is 5.84 Å². The predicted octanol–water partition coefficient (Wildman–Crippen LogP) is -3.73. The highest BCUT2D eigenvalue weighted by Crippen LogP contribution is 2.03. The first-order valence-corrected chi connectivity index (χ1v) is 3.78. The van der Waals surface area contributed by atoms with Crippen LogP contribution in [0.15, 0.2) is 24.3 Å². The van der Waals surface area contributed by atoms with E-state index in [1.54, 1.807) is 6.92 Å². The third-order valence-electron chi connectivity index (χ3n) is 1.45. The van der Waals surface area contributed by atoms with Crippen molar-refractivity contribution < 1.29 is 22.5 Å². The Bertz CT molecular complexity index is 295. The maximum atomic E-state index is 8.83. The Labute approximate surface area is 83.7 Å². The number of aliphatic hydroxyl groups is 1. The number of benzene rings is 1. The zero-order valence-corrected chi connectivity index (χ0v) is 8.17. The lowest BCUT2D eigenvalue weighted by atomic mass is 10.2. The fourth-order valence-corrected chi connectivity index (χ4v) is 0.975. The lowest BCUT2D eigenvalue weighted by Gasteiger charge is -1.95. The average molecular weight is 201 g/mol. The molecule has 0 saturated heterocycles. The Kier molecular flexibility index (Phi) is 5.11. The largest absolute Gasteiger partial charge is 1.00 e. The van der Waals surface area contributed by atoms with Crippen molar-refractivity contribution in [1.82, 2.24) is 0 Å². The zero-order chi connectivity index (χ0) is 8.97. The van der Waals surface area contributed by atoms with E-state index >= 15 is 0 Å². The molecule has 72 valence electrons. The van der Waals surface area contributed by atoms with Gasteiger partial charge in [-0.25, -0.2) is 4.99 Å². The van der Waals surface area contributed by atoms with Gasteiger partial charge in [-0.1, -0.05) is 12.1 Å². The van der Waals surface area contributed by atoms with Crippen LogP contribution in [0.25, 0.3) is 0 Å². The third kappa shape index (κ3) is 3.92. The minimum absolute atomic E-state index is 0. The molecule has 0 bridgehead atoms. The molecule has 0 aromatic heterocycles. The number of halogens is 1. The standard InChI is InChI=1S/C9H12N2O.ClH/c1-7(10)11-9-4-2-3-8(5-9)6-12;/h2-5,12H,6H2,1H3,(H2,10,11);1H. The summed E-state index contributed by atoms with van der Waals surface area (Å²) in [5.74, 6) is 0.644. The van der Waals surface area contributed by atoms with Crippen molar-refractivity contribution in [3.05, 3.63) is 29.8 Å². The smallest absolute Gasteiger partial charge is 0.242 e. The quantitative estimate of drug-likeness (QED) is 0.340. The van der Waals surface area contributed by atoms with E-state index in [1.807, 2.05) is 24.3 Å². The van der Waals surface area contributed by atoms with Crippen LogP contribution < -0.4 is 23.1 Å². The lowest BCUT2D eigenvalue weighted by Crippen LogP contribution is -3.00. The Balaban J connectivity index is 0.00000144. The molecular formula is C9H13ClN2O. The summed E-state index contributed by atoms with van der Waals surface area (Å²) in [5.41, 5.74) is 7.24. The van der Waals surface area contributed by atoms with Gasteiger partial charge in [0.05, 0.1) is 6.61 Å². The molecule has 0 spiro atoms. The van der Waals surface area contributed by atoms with Crippen LogP contribution in [0, 0.1) is 0 Å². The summed E-state index contributed by atoms with van der Waals surface area (Å²) in [4.78, 5) is 2.96. The van der Waals surface area contributed by atoms with Gasteiger partial charge in [-0.3, -0.25) is 5.73 Å². The molecule has 4 N–H and O–H groups in total. The first kappa shape index (κ1) is 11.9. The van der Waals surface area contributed by atoms with Gasteiger partial charge in [0.2, 0.25) is 5.84 Å². The molecule has 0 aliphatic heterocycles. The fourth-order valence-electron chi connectivity index (χ4n) is 0.975. The van der Waals surface area contributed by atoms with Crippen LogP contribution in [0.5, 0.6) is 0 Å². The molecule has 1 aromatic rings. The fraction of sp³-hybridized carbons (Fsp3) is 0.222. The highest BCUT2D eigenvalue weighted by molar-refractivity contribution is 5.72. The monoisotopic (exact) mass is 200 g/mol. The van der Waals surface area contributed by atoms with Crippen molar-refractivity contribution in [2.75, 3.05) is 0 Å². The van der Waals surface area contributed by atoms with Gasteiger partial charge in [-0.2, -0.15) is 0 Å². The van der Waals surface area contributed by atoms with Crippen LogP contribution in [0.3, 0.4) is 0 Å². The summed E-state index contributed by atoms with van der Waals surface area (Å²) < 4.78 is 0. The second kappa shape index (κ2) is 5.56. The molecule has 13 heavy (non-hydrogen) atoms. The summed E-state index contributed by atoms with van der Waals surface area (Å²) >= 11 is 0. The Morgan fingerprint density at radius 1 is 1.54 bits per heavy atom. The van der Waals surface area contributed by atoms with E-state index in [1.165, 1.54) is 0 Å². The van der Waals surface area contributed by atoms with E-state index in [4.69, 9.17) is 10.8 Å². The van der Waals surface area contributed by atoms with Crippen LogP contribution in [0.4, 0.5) is 5.69 Å². The van der Waals surface area contributed by atoms with E-state index in [2.05, 4.69) is 4.99 Å². The molecular weight excluding hydrogens is 188 g/mol. The van der Waals surface area contributed by atoms with Crippen LogP contribution in [0.1, 0.15) is 12.5 Å². The molecule has 0 saturated carbocycles. The zero-order valence-electron chi connectivity index (χ0n) is 7.42. The molecule has 0 aliphatic carbocycles. The highest BCUT2D eigenvalue weighted by atomic mass is 35.5. The van der Waals surface area contributed by atoms with Gasteiger partial charge >= 0.3 is 0 Å². The minimum atomic E-state index is 0. The van der Waals surface area contributed by atoms with Crippen LogP contribution in [-0.4, -0.2) is 10.9 Å². The molecule has 0 aliphatic rings. The van der Waals surface area contributed by atoms with Crippen molar-refractivity contribution in [3.8, 4) is 0 Å². The molecule has 0 amide bonds. The Morgan fingerprint density at radius 3 is 2.77 bits per heavy atom. The van der Waals surface area contributed by atoms with Gasteiger partial charge in [0.1, 0.15) is 5.69 Å². The minimum Gasteiger partial charge on any atom is -1.00 e. The van der Waals surface area contributed by atoms with E-state index in [9.17, 15) is 0 Å². The van der Waals surface area contributed by atoms with Crippen LogP contribution in [-0.2, 0) is 6.61 Å². The predicted molar refractivity (Wildman–Crippen MR) is 47.9 cm³/mol. The maximum Gasteiger partial charge on any atom is 0.242 e. The first-order valence-electron chi connectivity index (χ1n) is 3.78. The number of rotatable bonds is 2. The number of aliphatic hydroxyl groups excluding tert-OH is 1. The summed E-state index contributed by atoms with van der Waals surface area (Å²) in [6.07, 6.45) is 0. The van der Waals surface area contributed by atoms with Crippen molar-refractivity contribution in [3.63, 3.8) is 0 Å². The van der Waals surface area contributed by atoms with Crippen molar-refractivity contribution in [1.29, 1.82) is 0 Å².